The second-order valence-electron chi connectivity index (χ2n) is 5.28. The molecule has 7 heteroatoms. The topological polar surface area (TPSA) is 71.8 Å². The Balaban J connectivity index is 1.73. The number of nitrogens with zero attached hydrogens (tertiary/aromatic N) is 3. The van der Waals surface area contributed by atoms with E-state index < -0.39 is 0 Å². The molecule has 0 radical (unpaired) electrons. The van der Waals surface area contributed by atoms with Crippen molar-refractivity contribution in [3.8, 4) is 0 Å². The highest BCUT2D eigenvalue weighted by molar-refractivity contribution is 7.17. The summed E-state index contributed by atoms with van der Waals surface area (Å²) in [5.74, 6) is -0.154. The molecule has 0 saturated carbocycles. The fourth-order valence-electron chi connectivity index (χ4n) is 2.23. The molecule has 2 aromatic heterocycles. The highest BCUT2D eigenvalue weighted by Gasteiger charge is 2.13. The second kappa shape index (κ2) is 6.21. The van der Waals surface area contributed by atoms with Gasteiger partial charge in [0.05, 0.1) is 18.1 Å². The van der Waals surface area contributed by atoms with Crippen LogP contribution in [0.5, 0.6) is 0 Å². The highest BCUT2D eigenvalue weighted by atomic mass is 32.1. The summed E-state index contributed by atoms with van der Waals surface area (Å²) in [5.41, 5.74) is 3.77. The number of anilines is 3. The maximum absolute atomic E-state index is 12.4. The van der Waals surface area contributed by atoms with Crippen LogP contribution in [0.3, 0.4) is 0 Å². The van der Waals surface area contributed by atoms with Gasteiger partial charge in [0.25, 0.3) is 5.91 Å². The van der Waals surface area contributed by atoms with Gasteiger partial charge < -0.3 is 10.6 Å². The molecule has 23 heavy (non-hydrogen) atoms. The number of para-hydroxylation sites is 1. The smallest absolute Gasteiger partial charge is 0.267 e. The van der Waals surface area contributed by atoms with Crippen molar-refractivity contribution in [1.29, 1.82) is 0 Å². The number of hydrogen-bond donors (Lipinski definition) is 2. The molecule has 2 N–H and O–H groups in total. The van der Waals surface area contributed by atoms with Crippen LogP contribution in [0.1, 0.15) is 20.8 Å². The van der Waals surface area contributed by atoms with E-state index in [0.717, 1.165) is 22.5 Å². The van der Waals surface area contributed by atoms with Gasteiger partial charge in [-0.05, 0) is 25.0 Å². The van der Waals surface area contributed by atoms with Gasteiger partial charge in [0, 0.05) is 18.9 Å². The number of nitrogens with one attached hydrogen (secondary N) is 2. The van der Waals surface area contributed by atoms with Crippen molar-refractivity contribution in [2.75, 3.05) is 10.6 Å². The van der Waals surface area contributed by atoms with Crippen molar-refractivity contribution in [2.24, 2.45) is 7.05 Å². The van der Waals surface area contributed by atoms with Crippen molar-refractivity contribution in [2.45, 2.75) is 13.8 Å². The second-order valence-corrected chi connectivity index (χ2v) is 6.31. The van der Waals surface area contributed by atoms with E-state index in [1.54, 1.807) is 17.1 Å². The van der Waals surface area contributed by atoms with E-state index >= 15 is 0 Å². The summed E-state index contributed by atoms with van der Waals surface area (Å²) in [6.45, 7) is 3.95. The van der Waals surface area contributed by atoms with Crippen molar-refractivity contribution in [3.05, 3.63) is 52.8 Å². The van der Waals surface area contributed by atoms with Crippen molar-refractivity contribution < 1.29 is 4.79 Å². The van der Waals surface area contributed by atoms with Crippen LogP contribution in [0.2, 0.25) is 0 Å². The van der Waals surface area contributed by atoms with E-state index in [2.05, 4.69) is 20.7 Å². The molecule has 0 aliphatic heterocycles. The monoisotopic (exact) mass is 327 g/mol. The first-order chi connectivity index (χ1) is 11.0. The van der Waals surface area contributed by atoms with E-state index in [0.29, 0.717) is 10.0 Å². The molecule has 3 aromatic rings. The predicted octanol–water partition coefficient (Wildman–Crippen LogP) is 3.49. The van der Waals surface area contributed by atoms with Crippen LogP contribution in [0.15, 0.2) is 36.8 Å². The third-order valence-corrected chi connectivity index (χ3v) is 4.32. The number of carbonyl (C=O) groups excluding carboxylic acids is 1. The average molecular weight is 327 g/mol. The Morgan fingerprint density at radius 2 is 1.96 bits per heavy atom. The van der Waals surface area contributed by atoms with Gasteiger partial charge in [-0.1, -0.05) is 29.5 Å². The first-order valence-corrected chi connectivity index (χ1v) is 7.93. The first kappa shape index (κ1) is 15.2. The molecular weight excluding hydrogens is 310 g/mol. The first-order valence-electron chi connectivity index (χ1n) is 7.12. The minimum absolute atomic E-state index is 0.154. The molecule has 0 saturated heterocycles. The van der Waals surface area contributed by atoms with E-state index in [1.807, 2.05) is 45.3 Å². The molecule has 1 aromatic carbocycles. The summed E-state index contributed by atoms with van der Waals surface area (Å²) < 4.78 is 1.70. The van der Waals surface area contributed by atoms with Gasteiger partial charge in [0.1, 0.15) is 4.88 Å². The van der Waals surface area contributed by atoms with Gasteiger partial charge in [0.2, 0.25) is 0 Å². The van der Waals surface area contributed by atoms with Gasteiger partial charge in [-0.3, -0.25) is 9.48 Å². The summed E-state index contributed by atoms with van der Waals surface area (Å²) in [4.78, 5) is 17.2. The molecule has 0 spiro atoms. The molecule has 3 rings (SSSR count). The van der Waals surface area contributed by atoms with Crippen molar-refractivity contribution in [3.63, 3.8) is 0 Å². The fourth-order valence-corrected chi connectivity index (χ4v) is 2.96. The number of hydrogen-bond acceptors (Lipinski definition) is 5. The van der Waals surface area contributed by atoms with Crippen LogP contribution in [-0.2, 0) is 7.05 Å². The zero-order chi connectivity index (χ0) is 16.4. The lowest BCUT2D eigenvalue weighted by Crippen LogP contribution is -2.12. The molecular formula is C16H17N5OS. The zero-order valence-corrected chi connectivity index (χ0v) is 13.9. The van der Waals surface area contributed by atoms with Crippen LogP contribution >= 0.6 is 11.3 Å². The predicted molar refractivity (Wildman–Crippen MR) is 92.5 cm³/mol. The molecule has 6 nitrogen and oxygen atoms in total. The van der Waals surface area contributed by atoms with Crippen molar-refractivity contribution in [1.82, 2.24) is 14.8 Å². The molecule has 0 aliphatic rings. The lowest BCUT2D eigenvalue weighted by Gasteiger charge is -2.10. The van der Waals surface area contributed by atoms with Crippen LogP contribution in [0.4, 0.5) is 16.5 Å². The Labute approximate surface area is 138 Å². The lowest BCUT2D eigenvalue weighted by molar-refractivity contribution is 0.103. The summed E-state index contributed by atoms with van der Waals surface area (Å²) in [6, 6.07) is 5.93. The molecule has 0 unspecified atom stereocenters. The lowest BCUT2D eigenvalue weighted by atomic mass is 10.1. The maximum atomic E-state index is 12.4. The third-order valence-electron chi connectivity index (χ3n) is 3.41. The SMILES string of the molecule is Cc1cccc(C)c1NC(=O)c1cnc(Nc2cnn(C)c2)s1. The van der Waals surface area contributed by atoms with Crippen LogP contribution in [-0.4, -0.2) is 20.7 Å². The summed E-state index contributed by atoms with van der Waals surface area (Å²) in [5, 5.41) is 10.8. The van der Waals surface area contributed by atoms with Crippen molar-refractivity contribution >= 4 is 33.8 Å². The van der Waals surface area contributed by atoms with Gasteiger partial charge in [-0.15, -0.1) is 0 Å². The molecule has 0 atom stereocenters. The van der Waals surface area contributed by atoms with Gasteiger partial charge in [-0.2, -0.15) is 5.10 Å². The Hall–Kier alpha value is -2.67. The molecule has 0 aliphatic carbocycles. The summed E-state index contributed by atoms with van der Waals surface area (Å²) >= 11 is 1.30. The Bertz CT molecular complexity index is 832. The number of aromatic nitrogens is 3. The largest absolute Gasteiger partial charge is 0.329 e. The van der Waals surface area contributed by atoms with Crippen LogP contribution in [0.25, 0.3) is 0 Å². The van der Waals surface area contributed by atoms with E-state index in [9.17, 15) is 4.79 Å². The summed E-state index contributed by atoms with van der Waals surface area (Å²) in [7, 11) is 1.84. The Kier molecular flexibility index (Phi) is 4.12. The molecule has 118 valence electrons. The molecule has 0 fully saturated rings. The number of benzene rings is 1. The van der Waals surface area contributed by atoms with E-state index in [1.165, 1.54) is 11.3 Å². The quantitative estimate of drug-likeness (QED) is 0.769. The van der Waals surface area contributed by atoms with Crippen LogP contribution in [0, 0.1) is 13.8 Å². The number of aryl methyl sites for hydroxylation is 3. The number of rotatable bonds is 4. The zero-order valence-electron chi connectivity index (χ0n) is 13.1. The average Bonchev–Trinajstić information content (AvgIpc) is 3.13. The molecule has 0 bridgehead atoms. The fraction of sp³-hybridized carbons (Fsp3) is 0.188. The van der Waals surface area contributed by atoms with E-state index in [-0.39, 0.29) is 5.91 Å². The van der Waals surface area contributed by atoms with Crippen LogP contribution < -0.4 is 10.6 Å². The summed E-state index contributed by atoms with van der Waals surface area (Å²) in [6.07, 6.45) is 5.13. The minimum atomic E-state index is -0.154. The number of carbonyl (C=O) groups is 1. The molecule has 2 heterocycles. The normalized spacial score (nSPS) is 10.6. The maximum Gasteiger partial charge on any atom is 0.267 e. The highest BCUT2D eigenvalue weighted by Crippen LogP contribution is 2.25. The van der Waals surface area contributed by atoms with Gasteiger partial charge in [-0.25, -0.2) is 4.98 Å². The Morgan fingerprint density at radius 3 is 2.61 bits per heavy atom. The van der Waals surface area contributed by atoms with Gasteiger partial charge >= 0.3 is 0 Å². The standard InChI is InChI=1S/C16H17N5OS/c1-10-5-4-6-11(2)14(10)20-15(22)13-8-17-16(23-13)19-12-7-18-21(3)9-12/h4-9H,1-3H3,(H,17,19)(H,20,22). The Morgan fingerprint density at radius 1 is 1.22 bits per heavy atom. The number of amides is 1. The third kappa shape index (κ3) is 3.40. The van der Waals surface area contributed by atoms with E-state index in [4.69, 9.17) is 0 Å². The van der Waals surface area contributed by atoms with Gasteiger partial charge in [0.15, 0.2) is 5.13 Å². The number of thiazole rings is 1. The minimum Gasteiger partial charge on any atom is -0.329 e. The molecule has 1 amide bonds.